The molecule has 3 aromatic rings. The fraction of sp³-hybridized carbons (Fsp3) is 0.238. The molecular formula is C21H21N3O. The molecule has 1 heterocycles. The largest absolute Gasteiger partial charge is 0.491 e. The Morgan fingerprint density at radius 3 is 2.76 bits per heavy atom. The van der Waals surface area contributed by atoms with Crippen LogP contribution in [0.2, 0.25) is 0 Å². The van der Waals surface area contributed by atoms with Crippen molar-refractivity contribution in [2.45, 2.75) is 33.4 Å². The molecule has 0 saturated carbocycles. The zero-order chi connectivity index (χ0) is 17.8. The summed E-state index contributed by atoms with van der Waals surface area (Å²) in [7, 11) is 0. The van der Waals surface area contributed by atoms with E-state index in [1.807, 2.05) is 68.5 Å². The van der Waals surface area contributed by atoms with Gasteiger partial charge in [0.2, 0.25) is 0 Å². The summed E-state index contributed by atoms with van der Waals surface area (Å²) in [5.74, 6) is 1.49. The van der Waals surface area contributed by atoms with E-state index in [0.29, 0.717) is 11.4 Å². The second-order valence-electron chi connectivity index (χ2n) is 6.08. The number of hydrogen-bond acceptors (Lipinski definition) is 3. The van der Waals surface area contributed by atoms with Crippen molar-refractivity contribution in [1.82, 2.24) is 9.55 Å². The van der Waals surface area contributed by atoms with Crippen LogP contribution in [0.5, 0.6) is 5.75 Å². The molecule has 0 aliphatic heterocycles. The average molecular weight is 331 g/mol. The lowest BCUT2D eigenvalue weighted by atomic mass is 10.1. The van der Waals surface area contributed by atoms with Crippen LogP contribution in [-0.2, 0) is 6.54 Å². The number of ether oxygens (including phenoxy) is 1. The van der Waals surface area contributed by atoms with Gasteiger partial charge in [-0.1, -0.05) is 24.3 Å². The summed E-state index contributed by atoms with van der Waals surface area (Å²) >= 11 is 0. The summed E-state index contributed by atoms with van der Waals surface area (Å²) < 4.78 is 7.80. The molecule has 0 aliphatic carbocycles. The van der Waals surface area contributed by atoms with E-state index in [1.54, 1.807) is 0 Å². The van der Waals surface area contributed by atoms with Crippen molar-refractivity contribution in [3.05, 3.63) is 59.9 Å². The number of rotatable bonds is 5. The van der Waals surface area contributed by atoms with Crippen LogP contribution in [0, 0.1) is 11.3 Å². The normalized spacial score (nSPS) is 11.7. The molecule has 0 spiro atoms. The SMILES string of the molecule is CCn1c(/C(C#N)=C\c2cccc(OC(C)C)c2)nc2ccccc21. The average Bonchev–Trinajstić information content (AvgIpc) is 2.97. The minimum Gasteiger partial charge on any atom is -0.491 e. The van der Waals surface area contributed by atoms with Crippen LogP contribution in [0.25, 0.3) is 22.7 Å². The van der Waals surface area contributed by atoms with E-state index in [2.05, 4.69) is 22.5 Å². The van der Waals surface area contributed by atoms with Gasteiger partial charge in [-0.15, -0.1) is 0 Å². The van der Waals surface area contributed by atoms with Crippen molar-refractivity contribution in [2.24, 2.45) is 0 Å². The third-order valence-corrected chi connectivity index (χ3v) is 3.87. The highest BCUT2D eigenvalue weighted by atomic mass is 16.5. The first-order valence-corrected chi connectivity index (χ1v) is 8.46. The van der Waals surface area contributed by atoms with Gasteiger partial charge in [0.1, 0.15) is 11.8 Å². The first-order chi connectivity index (χ1) is 12.1. The number of nitrogens with zero attached hydrogens (tertiary/aromatic N) is 3. The Morgan fingerprint density at radius 2 is 2.04 bits per heavy atom. The van der Waals surface area contributed by atoms with E-state index < -0.39 is 0 Å². The number of nitriles is 1. The summed E-state index contributed by atoms with van der Waals surface area (Å²) in [5, 5.41) is 9.70. The summed E-state index contributed by atoms with van der Waals surface area (Å²) in [4.78, 5) is 4.66. The zero-order valence-electron chi connectivity index (χ0n) is 14.7. The van der Waals surface area contributed by atoms with Crippen molar-refractivity contribution in [2.75, 3.05) is 0 Å². The van der Waals surface area contributed by atoms with Crippen molar-refractivity contribution in [1.29, 1.82) is 5.26 Å². The molecule has 4 heteroatoms. The Hall–Kier alpha value is -3.06. The first-order valence-electron chi connectivity index (χ1n) is 8.46. The van der Waals surface area contributed by atoms with Gasteiger partial charge in [-0.2, -0.15) is 5.26 Å². The maximum atomic E-state index is 9.70. The van der Waals surface area contributed by atoms with E-state index >= 15 is 0 Å². The predicted molar refractivity (Wildman–Crippen MR) is 101 cm³/mol. The fourth-order valence-corrected chi connectivity index (χ4v) is 2.86. The molecule has 0 atom stereocenters. The van der Waals surface area contributed by atoms with E-state index in [9.17, 15) is 5.26 Å². The lowest BCUT2D eigenvalue weighted by Crippen LogP contribution is -2.05. The van der Waals surface area contributed by atoms with Gasteiger partial charge in [-0.25, -0.2) is 4.98 Å². The van der Waals surface area contributed by atoms with E-state index in [4.69, 9.17) is 4.74 Å². The molecule has 126 valence electrons. The monoisotopic (exact) mass is 331 g/mol. The Bertz CT molecular complexity index is 961. The molecule has 3 rings (SSSR count). The van der Waals surface area contributed by atoms with E-state index in [-0.39, 0.29) is 6.10 Å². The van der Waals surface area contributed by atoms with Crippen molar-refractivity contribution >= 4 is 22.7 Å². The van der Waals surface area contributed by atoms with Gasteiger partial charge in [0, 0.05) is 6.54 Å². The molecule has 1 aromatic heterocycles. The van der Waals surface area contributed by atoms with E-state index in [0.717, 1.165) is 28.9 Å². The van der Waals surface area contributed by atoms with Gasteiger partial charge >= 0.3 is 0 Å². The topological polar surface area (TPSA) is 50.8 Å². The Kier molecular flexibility index (Phi) is 4.85. The smallest absolute Gasteiger partial charge is 0.151 e. The highest BCUT2D eigenvalue weighted by molar-refractivity contribution is 5.91. The molecule has 25 heavy (non-hydrogen) atoms. The summed E-state index contributed by atoms with van der Waals surface area (Å²) in [6.07, 6.45) is 1.97. The highest BCUT2D eigenvalue weighted by Gasteiger charge is 2.13. The molecule has 0 fully saturated rings. The molecule has 0 aliphatic rings. The third kappa shape index (κ3) is 3.56. The summed E-state index contributed by atoms with van der Waals surface area (Å²) in [6.45, 7) is 6.80. The quantitative estimate of drug-likeness (QED) is 0.624. The molecule has 0 N–H and O–H groups in total. The number of allylic oxidation sites excluding steroid dienone is 1. The summed E-state index contributed by atoms with van der Waals surface area (Å²) in [5.41, 5.74) is 3.40. The number of para-hydroxylation sites is 2. The van der Waals surface area contributed by atoms with Gasteiger partial charge in [0.05, 0.1) is 22.7 Å². The standard InChI is InChI=1S/C21H21N3O/c1-4-24-20-11-6-5-10-19(20)23-21(24)17(14-22)12-16-8-7-9-18(13-16)25-15(2)3/h5-13,15H,4H2,1-3H3/b17-12-. The van der Waals surface area contributed by atoms with Crippen LogP contribution in [0.1, 0.15) is 32.2 Å². The zero-order valence-corrected chi connectivity index (χ0v) is 14.7. The van der Waals surface area contributed by atoms with Crippen LogP contribution < -0.4 is 4.74 Å². The molecule has 2 aromatic carbocycles. The maximum absolute atomic E-state index is 9.70. The van der Waals surface area contributed by atoms with Gasteiger partial charge in [0.25, 0.3) is 0 Å². The third-order valence-electron chi connectivity index (χ3n) is 3.87. The van der Waals surface area contributed by atoms with E-state index in [1.165, 1.54) is 0 Å². The molecule has 0 radical (unpaired) electrons. The maximum Gasteiger partial charge on any atom is 0.151 e. The van der Waals surface area contributed by atoms with Crippen LogP contribution in [-0.4, -0.2) is 15.7 Å². The number of benzene rings is 2. The fourth-order valence-electron chi connectivity index (χ4n) is 2.86. The van der Waals surface area contributed by atoms with Crippen LogP contribution in [0.4, 0.5) is 0 Å². The highest BCUT2D eigenvalue weighted by Crippen LogP contribution is 2.24. The number of hydrogen-bond donors (Lipinski definition) is 0. The number of aromatic nitrogens is 2. The Labute approximate surface area is 148 Å². The molecular weight excluding hydrogens is 310 g/mol. The van der Waals surface area contributed by atoms with Crippen molar-refractivity contribution < 1.29 is 4.74 Å². The second-order valence-corrected chi connectivity index (χ2v) is 6.08. The van der Waals surface area contributed by atoms with Crippen LogP contribution in [0.15, 0.2) is 48.5 Å². The van der Waals surface area contributed by atoms with Crippen LogP contribution >= 0.6 is 0 Å². The summed E-state index contributed by atoms with van der Waals surface area (Å²) in [6, 6.07) is 18.0. The minimum absolute atomic E-state index is 0.110. The minimum atomic E-state index is 0.110. The van der Waals surface area contributed by atoms with Gasteiger partial charge in [0.15, 0.2) is 5.82 Å². The second kappa shape index (κ2) is 7.23. The molecule has 4 nitrogen and oxygen atoms in total. The first kappa shape index (κ1) is 16.8. The molecule has 0 amide bonds. The number of imidazole rings is 1. The van der Waals surface area contributed by atoms with Gasteiger partial charge in [-0.3, -0.25) is 0 Å². The van der Waals surface area contributed by atoms with Crippen LogP contribution in [0.3, 0.4) is 0 Å². The van der Waals surface area contributed by atoms with Crippen molar-refractivity contribution in [3.8, 4) is 11.8 Å². The molecule has 0 saturated heterocycles. The molecule has 0 bridgehead atoms. The number of aryl methyl sites for hydroxylation is 1. The Morgan fingerprint density at radius 1 is 1.24 bits per heavy atom. The lowest BCUT2D eigenvalue weighted by molar-refractivity contribution is 0.242. The molecule has 0 unspecified atom stereocenters. The van der Waals surface area contributed by atoms with Gasteiger partial charge in [-0.05, 0) is 56.7 Å². The van der Waals surface area contributed by atoms with Crippen molar-refractivity contribution in [3.63, 3.8) is 0 Å². The lowest BCUT2D eigenvalue weighted by Gasteiger charge is -2.10. The Balaban J connectivity index is 2.06. The van der Waals surface area contributed by atoms with Gasteiger partial charge < -0.3 is 9.30 Å². The number of fused-ring (bicyclic) bond motifs is 1. The predicted octanol–water partition coefficient (Wildman–Crippen LogP) is 4.91.